The molecule has 0 aliphatic heterocycles. The second-order valence-electron chi connectivity index (χ2n) is 6.37. The van der Waals surface area contributed by atoms with Crippen molar-refractivity contribution in [3.8, 4) is 11.5 Å². The van der Waals surface area contributed by atoms with Gasteiger partial charge in [-0.1, -0.05) is 24.3 Å². The summed E-state index contributed by atoms with van der Waals surface area (Å²) in [6, 6.07) is 11.4. The minimum Gasteiger partial charge on any atom is -0.493 e. The average molecular weight is 322 g/mol. The molecule has 0 bridgehead atoms. The van der Waals surface area contributed by atoms with Crippen LogP contribution in [0, 0.1) is 11.8 Å². The van der Waals surface area contributed by atoms with Gasteiger partial charge in [-0.25, -0.2) is 0 Å². The molecule has 0 heterocycles. The summed E-state index contributed by atoms with van der Waals surface area (Å²) in [7, 11) is 3.05. The standard InChI is InChI=1S/C20H18O4/c1-23-17-9-15-16(10-18(17)24-2)20(22)14-8-12-6-4-3-5-11(12)7-13(14)19(15)21/h3-6,9-10,13-14H,7-8H2,1-2H3. The van der Waals surface area contributed by atoms with Gasteiger partial charge in [0.15, 0.2) is 23.1 Å². The summed E-state index contributed by atoms with van der Waals surface area (Å²) in [5.74, 6) is 0.463. The fourth-order valence-corrected chi connectivity index (χ4v) is 3.95. The van der Waals surface area contributed by atoms with Gasteiger partial charge in [-0.15, -0.1) is 0 Å². The molecular weight excluding hydrogens is 304 g/mol. The van der Waals surface area contributed by atoms with Gasteiger partial charge in [-0.05, 0) is 36.1 Å². The molecule has 2 aliphatic rings. The molecule has 4 rings (SSSR count). The van der Waals surface area contributed by atoms with Crippen molar-refractivity contribution in [2.45, 2.75) is 12.8 Å². The van der Waals surface area contributed by atoms with E-state index in [1.807, 2.05) is 24.3 Å². The first-order valence-corrected chi connectivity index (χ1v) is 8.05. The Morgan fingerprint density at radius 3 is 1.58 bits per heavy atom. The number of fused-ring (bicyclic) bond motifs is 3. The van der Waals surface area contributed by atoms with Crippen molar-refractivity contribution >= 4 is 11.6 Å². The fraction of sp³-hybridized carbons (Fsp3) is 0.300. The molecular formula is C20H18O4. The second-order valence-corrected chi connectivity index (χ2v) is 6.37. The van der Waals surface area contributed by atoms with Gasteiger partial charge in [0.2, 0.25) is 0 Å². The summed E-state index contributed by atoms with van der Waals surface area (Å²) < 4.78 is 10.6. The summed E-state index contributed by atoms with van der Waals surface area (Å²) in [5.41, 5.74) is 3.25. The predicted molar refractivity (Wildman–Crippen MR) is 89.0 cm³/mol. The molecule has 2 aromatic rings. The quantitative estimate of drug-likeness (QED) is 0.852. The van der Waals surface area contributed by atoms with E-state index in [1.165, 1.54) is 25.3 Å². The Balaban J connectivity index is 1.83. The van der Waals surface area contributed by atoms with Crippen molar-refractivity contribution in [1.29, 1.82) is 0 Å². The van der Waals surface area contributed by atoms with Crippen molar-refractivity contribution in [3.05, 3.63) is 58.7 Å². The lowest BCUT2D eigenvalue weighted by Gasteiger charge is -2.35. The SMILES string of the molecule is COc1cc2c(cc1OC)C(=O)C1Cc3ccccc3CC1C2=O. The van der Waals surface area contributed by atoms with Crippen LogP contribution in [0.1, 0.15) is 31.8 Å². The number of benzene rings is 2. The molecule has 2 atom stereocenters. The number of hydrogen-bond donors (Lipinski definition) is 0. The van der Waals surface area contributed by atoms with E-state index in [1.54, 1.807) is 12.1 Å². The fourth-order valence-electron chi connectivity index (χ4n) is 3.95. The number of Topliss-reactive ketones (excluding diaryl/α,β-unsaturated/α-hetero) is 2. The van der Waals surface area contributed by atoms with E-state index < -0.39 is 0 Å². The van der Waals surface area contributed by atoms with Crippen molar-refractivity contribution in [1.82, 2.24) is 0 Å². The molecule has 122 valence electrons. The average Bonchev–Trinajstić information content (AvgIpc) is 2.63. The maximum absolute atomic E-state index is 13.0. The van der Waals surface area contributed by atoms with E-state index in [9.17, 15) is 9.59 Å². The van der Waals surface area contributed by atoms with Crippen LogP contribution in [-0.4, -0.2) is 25.8 Å². The number of carbonyl (C=O) groups excluding carboxylic acids is 2. The first kappa shape index (κ1) is 14.9. The lowest BCUT2D eigenvalue weighted by Crippen LogP contribution is -2.41. The third-order valence-electron chi connectivity index (χ3n) is 5.21. The van der Waals surface area contributed by atoms with Crippen molar-refractivity contribution in [2.24, 2.45) is 11.8 Å². The van der Waals surface area contributed by atoms with Gasteiger partial charge in [0, 0.05) is 23.0 Å². The van der Waals surface area contributed by atoms with E-state index in [-0.39, 0.29) is 23.4 Å². The molecule has 2 unspecified atom stereocenters. The van der Waals surface area contributed by atoms with Gasteiger partial charge in [0.1, 0.15) is 0 Å². The monoisotopic (exact) mass is 322 g/mol. The molecule has 0 aromatic heterocycles. The Kier molecular flexibility index (Phi) is 3.41. The largest absolute Gasteiger partial charge is 0.493 e. The van der Waals surface area contributed by atoms with E-state index >= 15 is 0 Å². The molecule has 0 spiro atoms. The van der Waals surface area contributed by atoms with Crippen LogP contribution in [-0.2, 0) is 12.8 Å². The minimum atomic E-state index is -0.280. The Morgan fingerprint density at radius 2 is 1.21 bits per heavy atom. The van der Waals surface area contributed by atoms with Gasteiger partial charge in [0.25, 0.3) is 0 Å². The maximum atomic E-state index is 13.0. The highest BCUT2D eigenvalue weighted by atomic mass is 16.5. The zero-order valence-electron chi connectivity index (χ0n) is 13.7. The predicted octanol–water partition coefficient (Wildman–Crippen LogP) is 3.11. The van der Waals surface area contributed by atoms with Gasteiger partial charge >= 0.3 is 0 Å². The van der Waals surface area contributed by atoms with Crippen LogP contribution in [0.5, 0.6) is 11.5 Å². The van der Waals surface area contributed by atoms with E-state index in [0.29, 0.717) is 35.5 Å². The van der Waals surface area contributed by atoms with Crippen molar-refractivity contribution in [3.63, 3.8) is 0 Å². The number of carbonyl (C=O) groups is 2. The van der Waals surface area contributed by atoms with Crippen LogP contribution in [0.3, 0.4) is 0 Å². The molecule has 24 heavy (non-hydrogen) atoms. The highest BCUT2D eigenvalue weighted by Gasteiger charge is 2.44. The lowest BCUT2D eigenvalue weighted by molar-refractivity contribution is 0.0720. The molecule has 0 amide bonds. The third kappa shape index (κ3) is 2.06. The van der Waals surface area contributed by atoms with Crippen LogP contribution >= 0.6 is 0 Å². The highest BCUT2D eigenvalue weighted by Crippen LogP contribution is 2.42. The van der Waals surface area contributed by atoms with Gasteiger partial charge in [0.05, 0.1) is 14.2 Å². The summed E-state index contributed by atoms with van der Waals surface area (Å²) in [6.45, 7) is 0. The first-order chi connectivity index (χ1) is 11.6. The van der Waals surface area contributed by atoms with Gasteiger partial charge < -0.3 is 9.47 Å². The normalized spacial score (nSPS) is 21.6. The summed E-state index contributed by atoms with van der Waals surface area (Å²) in [4.78, 5) is 26.1. The maximum Gasteiger partial charge on any atom is 0.167 e. The minimum absolute atomic E-state index is 0.0325. The van der Waals surface area contributed by atoms with E-state index in [0.717, 1.165) is 0 Å². The molecule has 2 aromatic carbocycles. The Hall–Kier alpha value is -2.62. The summed E-state index contributed by atoms with van der Waals surface area (Å²) in [5, 5.41) is 0. The van der Waals surface area contributed by atoms with Crippen LogP contribution in [0.25, 0.3) is 0 Å². The number of ether oxygens (including phenoxy) is 2. The number of hydrogen-bond acceptors (Lipinski definition) is 4. The summed E-state index contributed by atoms with van der Waals surface area (Å²) in [6.07, 6.45) is 1.25. The van der Waals surface area contributed by atoms with Crippen LogP contribution in [0.15, 0.2) is 36.4 Å². The van der Waals surface area contributed by atoms with Crippen LogP contribution < -0.4 is 9.47 Å². The first-order valence-electron chi connectivity index (χ1n) is 8.05. The zero-order valence-corrected chi connectivity index (χ0v) is 13.7. The molecule has 0 radical (unpaired) electrons. The second kappa shape index (κ2) is 5.48. The number of ketones is 2. The van der Waals surface area contributed by atoms with Gasteiger partial charge in [-0.3, -0.25) is 9.59 Å². The van der Waals surface area contributed by atoms with Gasteiger partial charge in [-0.2, -0.15) is 0 Å². The topological polar surface area (TPSA) is 52.6 Å². The zero-order chi connectivity index (χ0) is 16.8. The Bertz CT molecular complexity index is 783. The molecule has 0 N–H and O–H groups in total. The van der Waals surface area contributed by atoms with E-state index in [4.69, 9.17) is 9.47 Å². The van der Waals surface area contributed by atoms with Crippen LogP contribution in [0.2, 0.25) is 0 Å². The third-order valence-corrected chi connectivity index (χ3v) is 5.21. The molecule has 0 fully saturated rings. The highest BCUT2D eigenvalue weighted by molar-refractivity contribution is 6.16. The Morgan fingerprint density at radius 1 is 0.792 bits per heavy atom. The molecule has 2 aliphatic carbocycles. The number of rotatable bonds is 2. The summed E-state index contributed by atoms with van der Waals surface area (Å²) >= 11 is 0. The smallest absolute Gasteiger partial charge is 0.167 e. The van der Waals surface area contributed by atoms with Crippen LogP contribution in [0.4, 0.5) is 0 Å². The van der Waals surface area contributed by atoms with E-state index in [2.05, 4.69) is 0 Å². The molecule has 4 heteroatoms. The molecule has 0 saturated carbocycles. The number of methoxy groups -OCH3 is 2. The Labute approximate surface area is 140 Å². The lowest BCUT2D eigenvalue weighted by atomic mass is 9.66. The van der Waals surface area contributed by atoms with Crippen molar-refractivity contribution in [2.75, 3.05) is 14.2 Å². The molecule has 4 nitrogen and oxygen atoms in total. The van der Waals surface area contributed by atoms with Crippen molar-refractivity contribution < 1.29 is 19.1 Å². The molecule has 0 saturated heterocycles.